The Morgan fingerprint density at radius 2 is 2.00 bits per heavy atom. The number of nitrogens with zero attached hydrogens (tertiary/aromatic N) is 5. The minimum Gasteiger partial charge on any atom is -0.352 e. The molecule has 0 fully saturated rings. The van der Waals surface area contributed by atoms with Gasteiger partial charge in [0.05, 0.1) is 6.54 Å². The quantitative estimate of drug-likeness (QED) is 0.923. The molecule has 0 aliphatic carbocycles. The summed E-state index contributed by atoms with van der Waals surface area (Å²) in [6.45, 7) is 10.3. The smallest absolute Gasteiger partial charge is 0.239 e. The van der Waals surface area contributed by atoms with Crippen LogP contribution in [0.2, 0.25) is 0 Å². The van der Waals surface area contributed by atoms with Crippen LogP contribution in [0.5, 0.6) is 0 Å². The summed E-state index contributed by atoms with van der Waals surface area (Å²) in [6.07, 6.45) is 0. The summed E-state index contributed by atoms with van der Waals surface area (Å²) in [5, 5.41) is 15.8. The standard InChI is InChI=1S/C15H24N6O/c1-10(2)16-13(22)9-20(6)12-8-7-11-17-18-14(15(3,4)5)21(11)19-12/h7-8,10H,9H2,1-6H3,(H,16,22). The molecule has 0 aliphatic heterocycles. The summed E-state index contributed by atoms with van der Waals surface area (Å²) in [6, 6.07) is 3.84. The number of anilines is 1. The van der Waals surface area contributed by atoms with Gasteiger partial charge >= 0.3 is 0 Å². The number of amides is 1. The van der Waals surface area contributed by atoms with E-state index >= 15 is 0 Å². The van der Waals surface area contributed by atoms with Gasteiger partial charge in [-0.1, -0.05) is 20.8 Å². The highest BCUT2D eigenvalue weighted by atomic mass is 16.2. The molecule has 0 saturated heterocycles. The van der Waals surface area contributed by atoms with E-state index < -0.39 is 0 Å². The molecule has 120 valence electrons. The van der Waals surface area contributed by atoms with Crippen molar-refractivity contribution in [3.63, 3.8) is 0 Å². The minimum absolute atomic E-state index is 0.0285. The van der Waals surface area contributed by atoms with Crippen LogP contribution in [-0.4, -0.2) is 45.4 Å². The molecular weight excluding hydrogens is 280 g/mol. The first-order chi connectivity index (χ1) is 10.2. The Morgan fingerprint density at radius 3 is 2.59 bits per heavy atom. The third-order valence-electron chi connectivity index (χ3n) is 3.14. The number of likely N-dealkylation sites (N-methyl/N-ethyl adjacent to an activating group) is 1. The highest BCUT2D eigenvalue weighted by Gasteiger charge is 2.22. The molecule has 0 aliphatic rings. The average Bonchev–Trinajstić information content (AvgIpc) is 2.79. The number of carbonyl (C=O) groups excluding carboxylic acids is 1. The highest BCUT2D eigenvalue weighted by molar-refractivity contribution is 5.81. The van der Waals surface area contributed by atoms with Gasteiger partial charge in [-0.2, -0.15) is 4.52 Å². The maximum Gasteiger partial charge on any atom is 0.239 e. The van der Waals surface area contributed by atoms with Gasteiger partial charge in [0.2, 0.25) is 5.91 Å². The molecule has 7 heteroatoms. The Bertz CT molecular complexity index is 670. The number of fused-ring (bicyclic) bond motifs is 1. The number of nitrogens with one attached hydrogen (secondary N) is 1. The van der Waals surface area contributed by atoms with Crippen molar-refractivity contribution in [1.82, 2.24) is 25.1 Å². The Balaban J connectivity index is 2.26. The molecule has 0 radical (unpaired) electrons. The van der Waals surface area contributed by atoms with Crippen LogP contribution in [0.15, 0.2) is 12.1 Å². The minimum atomic E-state index is -0.154. The number of hydrogen-bond donors (Lipinski definition) is 1. The number of aromatic nitrogens is 4. The second-order valence-corrected chi connectivity index (χ2v) is 6.81. The molecule has 0 unspecified atom stereocenters. The van der Waals surface area contributed by atoms with Gasteiger partial charge in [-0.25, -0.2) is 0 Å². The van der Waals surface area contributed by atoms with Gasteiger partial charge in [0.25, 0.3) is 0 Å². The van der Waals surface area contributed by atoms with Crippen molar-refractivity contribution in [3.8, 4) is 0 Å². The van der Waals surface area contributed by atoms with Crippen molar-refractivity contribution >= 4 is 17.4 Å². The lowest BCUT2D eigenvalue weighted by molar-refractivity contribution is -0.120. The molecule has 2 aromatic rings. The van der Waals surface area contributed by atoms with Crippen LogP contribution >= 0.6 is 0 Å². The lowest BCUT2D eigenvalue weighted by atomic mass is 9.96. The fourth-order valence-electron chi connectivity index (χ4n) is 2.11. The van der Waals surface area contributed by atoms with E-state index in [-0.39, 0.29) is 23.9 Å². The fraction of sp³-hybridized carbons (Fsp3) is 0.600. The highest BCUT2D eigenvalue weighted by Crippen LogP contribution is 2.21. The molecule has 1 N–H and O–H groups in total. The van der Waals surface area contributed by atoms with Crippen molar-refractivity contribution < 1.29 is 4.79 Å². The lowest BCUT2D eigenvalue weighted by Crippen LogP contribution is -2.39. The van der Waals surface area contributed by atoms with Crippen LogP contribution in [-0.2, 0) is 10.2 Å². The summed E-state index contributed by atoms with van der Waals surface area (Å²) < 4.78 is 1.74. The van der Waals surface area contributed by atoms with Crippen LogP contribution in [0, 0.1) is 0 Å². The molecule has 1 amide bonds. The van der Waals surface area contributed by atoms with Crippen molar-refractivity contribution in [2.75, 3.05) is 18.5 Å². The second kappa shape index (κ2) is 5.90. The summed E-state index contributed by atoms with van der Waals surface area (Å²) in [5.74, 6) is 1.47. The van der Waals surface area contributed by atoms with Crippen LogP contribution < -0.4 is 10.2 Å². The van der Waals surface area contributed by atoms with Gasteiger partial charge in [-0.05, 0) is 26.0 Å². The van der Waals surface area contributed by atoms with E-state index in [0.717, 1.165) is 5.82 Å². The molecule has 7 nitrogen and oxygen atoms in total. The Kier molecular flexibility index (Phi) is 4.35. The molecule has 0 saturated carbocycles. The number of hydrogen-bond acceptors (Lipinski definition) is 5. The number of carbonyl (C=O) groups is 1. The molecule has 0 aromatic carbocycles. The fourth-order valence-corrected chi connectivity index (χ4v) is 2.11. The van der Waals surface area contributed by atoms with E-state index in [1.807, 2.05) is 37.9 Å². The van der Waals surface area contributed by atoms with Crippen molar-refractivity contribution in [1.29, 1.82) is 0 Å². The van der Waals surface area contributed by atoms with Gasteiger partial charge in [-0.15, -0.1) is 15.3 Å². The maximum absolute atomic E-state index is 11.9. The largest absolute Gasteiger partial charge is 0.352 e. The van der Waals surface area contributed by atoms with Gasteiger partial charge in [0.15, 0.2) is 11.5 Å². The molecule has 22 heavy (non-hydrogen) atoms. The SMILES string of the molecule is CC(C)NC(=O)CN(C)c1ccc2nnc(C(C)(C)C)n2n1. The number of rotatable bonds is 4. The van der Waals surface area contributed by atoms with E-state index in [4.69, 9.17) is 0 Å². The lowest BCUT2D eigenvalue weighted by Gasteiger charge is -2.20. The summed E-state index contributed by atoms with van der Waals surface area (Å²) in [7, 11) is 1.84. The van der Waals surface area contributed by atoms with Crippen LogP contribution in [0.3, 0.4) is 0 Å². The van der Waals surface area contributed by atoms with Crippen LogP contribution in [0.1, 0.15) is 40.4 Å². The molecule has 0 atom stereocenters. The Morgan fingerprint density at radius 1 is 1.32 bits per heavy atom. The van der Waals surface area contributed by atoms with Gasteiger partial charge in [0, 0.05) is 18.5 Å². The van der Waals surface area contributed by atoms with Crippen molar-refractivity contribution in [2.24, 2.45) is 0 Å². The molecule has 0 bridgehead atoms. The normalized spacial score (nSPS) is 12.0. The van der Waals surface area contributed by atoms with Crippen molar-refractivity contribution in [3.05, 3.63) is 18.0 Å². The summed E-state index contributed by atoms with van der Waals surface area (Å²) in [4.78, 5) is 13.7. The van der Waals surface area contributed by atoms with Crippen LogP contribution in [0.4, 0.5) is 5.82 Å². The zero-order valence-electron chi connectivity index (χ0n) is 14.1. The molecule has 2 aromatic heterocycles. The first-order valence-electron chi connectivity index (χ1n) is 7.42. The predicted molar refractivity (Wildman–Crippen MR) is 86.0 cm³/mol. The monoisotopic (exact) mass is 304 g/mol. The third kappa shape index (κ3) is 3.52. The Labute approximate surface area is 130 Å². The zero-order valence-corrected chi connectivity index (χ0v) is 14.1. The summed E-state index contributed by atoms with van der Waals surface area (Å²) in [5.41, 5.74) is 0.548. The van der Waals surface area contributed by atoms with Gasteiger partial charge in [0.1, 0.15) is 5.82 Å². The van der Waals surface area contributed by atoms with E-state index in [0.29, 0.717) is 11.5 Å². The Hall–Kier alpha value is -2.18. The van der Waals surface area contributed by atoms with E-state index in [2.05, 4.69) is 41.4 Å². The molecule has 0 spiro atoms. The maximum atomic E-state index is 11.9. The van der Waals surface area contributed by atoms with Crippen LogP contribution in [0.25, 0.3) is 5.65 Å². The second-order valence-electron chi connectivity index (χ2n) is 6.81. The molecule has 2 heterocycles. The molecular formula is C15H24N6O. The summed E-state index contributed by atoms with van der Waals surface area (Å²) >= 11 is 0. The topological polar surface area (TPSA) is 75.4 Å². The van der Waals surface area contributed by atoms with Crippen molar-refractivity contribution in [2.45, 2.75) is 46.1 Å². The average molecular weight is 304 g/mol. The van der Waals surface area contributed by atoms with E-state index in [9.17, 15) is 4.79 Å². The molecule has 2 rings (SSSR count). The van der Waals surface area contributed by atoms with E-state index in [1.54, 1.807) is 4.52 Å². The zero-order chi connectivity index (χ0) is 16.5. The van der Waals surface area contributed by atoms with Gasteiger partial charge < -0.3 is 10.2 Å². The first-order valence-corrected chi connectivity index (χ1v) is 7.42. The van der Waals surface area contributed by atoms with Gasteiger partial charge in [-0.3, -0.25) is 4.79 Å². The first kappa shape index (κ1) is 16.2. The predicted octanol–water partition coefficient (Wildman–Crippen LogP) is 1.38. The van der Waals surface area contributed by atoms with E-state index in [1.165, 1.54) is 0 Å². The third-order valence-corrected chi connectivity index (χ3v) is 3.14.